The number of ether oxygens (including phenoxy) is 2. The number of carbonyl (C=O) groups is 2. The Morgan fingerprint density at radius 3 is 2.58 bits per heavy atom. The first-order chi connectivity index (χ1) is 16.0. The third-order valence-corrected chi connectivity index (χ3v) is 5.18. The normalized spacial score (nSPS) is 10.6. The molecule has 0 fully saturated rings. The predicted molar refractivity (Wildman–Crippen MR) is 118 cm³/mol. The Labute approximate surface area is 191 Å². The van der Waals surface area contributed by atoms with Gasteiger partial charge in [-0.3, -0.25) is 4.79 Å². The van der Waals surface area contributed by atoms with Gasteiger partial charge in [0.1, 0.15) is 12.4 Å². The van der Waals surface area contributed by atoms with E-state index in [0.717, 1.165) is 17.0 Å². The third-order valence-electron chi connectivity index (χ3n) is 4.28. The number of rotatable bonds is 8. The minimum Gasteiger partial charge on any atom is -0.482 e. The van der Waals surface area contributed by atoms with E-state index in [2.05, 4.69) is 20.6 Å². The number of carbonyl (C=O) groups excluding carboxylic acids is 2. The first kappa shape index (κ1) is 22.1. The largest absolute Gasteiger partial charge is 0.482 e. The van der Waals surface area contributed by atoms with Gasteiger partial charge in [0.2, 0.25) is 10.7 Å². The summed E-state index contributed by atoms with van der Waals surface area (Å²) in [6.07, 6.45) is 1.57. The molecule has 4 rings (SSSR count). The first-order valence-corrected chi connectivity index (χ1v) is 10.7. The summed E-state index contributed by atoms with van der Waals surface area (Å²) in [5.74, 6) is -1.28. The Bertz CT molecular complexity index is 1260. The van der Waals surface area contributed by atoms with Gasteiger partial charge in [-0.2, -0.15) is 5.10 Å². The Hall–Kier alpha value is -4.12. The molecule has 0 bridgehead atoms. The molecule has 2 aromatic heterocycles. The highest BCUT2D eigenvalue weighted by atomic mass is 32.1. The molecule has 1 amide bonds. The summed E-state index contributed by atoms with van der Waals surface area (Å²) in [6.45, 7) is 1.86. The summed E-state index contributed by atoms with van der Waals surface area (Å²) >= 11 is 1.03. The monoisotopic (exact) mass is 467 g/mol. The summed E-state index contributed by atoms with van der Waals surface area (Å²) in [6, 6.07) is 14.6. The second kappa shape index (κ2) is 10.0. The highest BCUT2D eigenvalue weighted by Crippen LogP contribution is 2.23. The molecule has 0 aliphatic rings. The Morgan fingerprint density at radius 1 is 1.09 bits per heavy atom. The van der Waals surface area contributed by atoms with Gasteiger partial charge < -0.3 is 14.8 Å². The van der Waals surface area contributed by atoms with Crippen molar-refractivity contribution in [3.63, 3.8) is 0 Å². The van der Waals surface area contributed by atoms with Crippen LogP contribution in [0.2, 0.25) is 0 Å². The quantitative estimate of drug-likeness (QED) is 0.392. The highest BCUT2D eigenvalue weighted by Gasteiger charge is 2.21. The maximum absolute atomic E-state index is 13.0. The molecule has 33 heavy (non-hydrogen) atoms. The molecule has 0 radical (unpaired) electrons. The molecule has 1 N–H and O–H groups in total. The third kappa shape index (κ3) is 5.39. The molecule has 9 nitrogen and oxygen atoms in total. The minimum atomic E-state index is -0.612. The lowest BCUT2D eigenvalue weighted by atomic mass is 10.3. The Kier molecular flexibility index (Phi) is 6.69. The first-order valence-electron chi connectivity index (χ1n) is 9.88. The van der Waals surface area contributed by atoms with Gasteiger partial charge in [-0.25, -0.2) is 13.9 Å². The van der Waals surface area contributed by atoms with Crippen molar-refractivity contribution in [1.82, 2.24) is 20.0 Å². The topological polar surface area (TPSA) is 108 Å². The van der Waals surface area contributed by atoms with E-state index < -0.39 is 17.7 Å². The number of para-hydroxylation sites is 1. The summed E-state index contributed by atoms with van der Waals surface area (Å²) < 4.78 is 25.4. The van der Waals surface area contributed by atoms with Crippen LogP contribution in [0.1, 0.15) is 32.2 Å². The predicted octanol–water partition coefficient (Wildman–Crippen LogP) is 3.87. The summed E-state index contributed by atoms with van der Waals surface area (Å²) in [5, 5.41) is 15.3. The van der Waals surface area contributed by atoms with Gasteiger partial charge in [0.05, 0.1) is 18.5 Å². The smallest absolute Gasteiger partial charge is 0.362 e. The zero-order valence-electron chi connectivity index (χ0n) is 17.4. The van der Waals surface area contributed by atoms with Crippen LogP contribution in [0.15, 0.2) is 60.8 Å². The number of nitrogens with one attached hydrogen (secondary N) is 1. The molecule has 0 aliphatic carbocycles. The lowest BCUT2D eigenvalue weighted by Gasteiger charge is -2.03. The van der Waals surface area contributed by atoms with Crippen molar-refractivity contribution in [3.8, 4) is 11.4 Å². The van der Waals surface area contributed by atoms with Crippen LogP contribution >= 0.6 is 11.3 Å². The van der Waals surface area contributed by atoms with Gasteiger partial charge in [0, 0.05) is 5.69 Å². The zero-order chi connectivity index (χ0) is 23.2. The highest BCUT2D eigenvalue weighted by molar-refractivity contribution is 7.13. The van der Waals surface area contributed by atoms with Crippen molar-refractivity contribution in [2.24, 2.45) is 0 Å². The SMILES string of the molecule is CCOC(=O)c1nn(-c2ccccc2)cc1OCc1nnc(C(=O)Nc2ccc(F)cc2)s1. The van der Waals surface area contributed by atoms with Crippen LogP contribution in [-0.4, -0.2) is 38.5 Å². The van der Waals surface area contributed by atoms with Crippen LogP contribution in [0.3, 0.4) is 0 Å². The van der Waals surface area contributed by atoms with Crippen molar-refractivity contribution < 1.29 is 23.5 Å². The number of nitrogens with zero attached hydrogens (tertiary/aromatic N) is 4. The Balaban J connectivity index is 1.47. The van der Waals surface area contributed by atoms with Crippen LogP contribution < -0.4 is 10.1 Å². The van der Waals surface area contributed by atoms with E-state index in [-0.39, 0.29) is 29.7 Å². The van der Waals surface area contributed by atoms with E-state index >= 15 is 0 Å². The number of benzene rings is 2. The molecular formula is C22H18FN5O4S. The molecule has 168 valence electrons. The Morgan fingerprint density at radius 2 is 1.85 bits per heavy atom. The molecule has 11 heteroatoms. The number of halogens is 1. The molecule has 0 spiro atoms. The van der Waals surface area contributed by atoms with Crippen molar-refractivity contribution >= 4 is 28.9 Å². The van der Waals surface area contributed by atoms with E-state index in [9.17, 15) is 14.0 Å². The van der Waals surface area contributed by atoms with E-state index in [4.69, 9.17) is 9.47 Å². The van der Waals surface area contributed by atoms with Crippen LogP contribution in [0.5, 0.6) is 5.75 Å². The molecule has 0 unspecified atom stereocenters. The molecule has 0 aliphatic heterocycles. The van der Waals surface area contributed by atoms with Crippen LogP contribution in [0, 0.1) is 5.82 Å². The molecule has 4 aromatic rings. The number of anilines is 1. The van der Waals surface area contributed by atoms with E-state index in [0.29, 0.717) is 10.7 Å². The van der Waals surface area contributed by atoms with Gasteiger partial charge in [-0.05, 0) is 43.3 Å². The average molecular weight is 467 g/mol. The average Bonchev–Trinajstić information content (AvgIpc) is 3.47. The second-order valence-corrected chi connectivity index (χ2v) is 7.66. The number of esters is 1. The maximum atomic E-state index is 13.0. The van der Waals surface area contributed by atoms with E-state index in [1.54, 1.807) is 13.1 Å². The van der Waals surface area contributed by atoms with Gasteiger partial charge in [-0.1, -0.05) is 29.5 Å². The minimum absolute atomic E-state index is 0.0273. The van der Waals surface area contributed by atoms with Gasteiger partial charge in [0.25, 0.3) is 5.91 Å². The molecule has 2 heterocycles. The fraction of sp³-hybridized carbons (Fsp3) is 0.136. The van der Waals surface area contributed by atoms with Crippen LogP contribution in [0.25, 0.3) is 5.69 Å². The summed E-state index contributed by atoms with van der Waals surface area (Å²) in [5.41, 5.74) is 1.20. The lowest BCUT2D eigenvalue weighted by molar-refractivity contribution is 0.0513. The number of hydrogen-bond donors (Lipinski definition) is 1. The fourth-order valence-electron chi connectivity index (χ4n) is 2.78. The standard InChI is InChI=1S/C22H18FN5O4S/c1-2-31-22(30)19-17(12-28(27-19)16-6-4-3-5-7-16)32-13-18-25-26-21(33-18)20(29)24-15-10-8-14(23)9-11-15/h3-12H,2,13H2,1H3,(H,24,29). The molecular weight excluding hydrogens is 449 g/mol. The number of amides is 1. The van der Waals surface area contributed by atoms with Crippen LogP contribution in [-0.2, 0) is 11.3 Å². The second-order valence-electron chi connectivity index (χ2n) is 6.59. The van der Waals surface area contributed by atoms with E-state index in [1.807, 2.05) is 30.3 Å². The zero-order valence-corrected chi connectivity index (χ0v) is 18.2. The van der Waals surface area contributed by atoms with Crippen molar-refractivity contribution in [3.05, 3.63) is 82.3 Å². The number of hydrogen-bond acceptors (Lipinski definition) is 8. The van der Waals surface area contributed by atoms with Gasteiger partial charge >= 0.3 is 5.97 Å². The lowest BCUT2D eigenvalue weighted by Crippen LogP contribution is -2.11. The molecule has 0 saturated heterocycles. The van der Waals surface area contributed by atoms with Gasteiger partial charge in [-0.15, -0.1) is 10.2 Å². The van der Waals surface area contributed by atoms with Crippen molar-refractivity contribution in [2.45, 2.75) is 13.5 Å². The van der Waals surface area contributed by atoms with Crippen LogP contribution in [0.4, 0.5) is 10.1 Å². The molecule has 0 saturated carbocycles. The molecule has 2 aromatic carbocycles. The maximum Gasteiger partial charge on any atom is 0.362 e. The fourth-order valence-corrected chi connectivity index (χ4v) is 3.43. The van der Waals surface area contributed by atoms with E-state index in [1.165, 1.54) is 28.9 Å². The molecule has 0 atom stereocenters. The van der Waals surface area contributed by atoms with Gasteiger partial charge in [0.15, 0.2) is 10.8 Å². The summed E-state index contributed by atoms with van der Waals surface area (Å²) in [7, 11) is 0. The summed E-state index contributed by atoms with van der Waals surface area (Å²) in [4.78, 5) is 24.7. The number of aromatic nitrogens is 4. The van der Waals surface area contributed by atoms with Crippen molar-refractivity contribution in [1.29, 1.82) is 0 Å². The van der Waals surface area contributed by atoms with Crippen molar-refractivity contribution in [2.75, 3.05) is 11.9 Å².